The van der Waals surface area contributed by atoms with Crippen LogP contribution in [0.5, 0.6) is 0 Å². The van der Waals surface area contributed by atoms with E-state index in [9.17, 15) is 0 Å². The fourth-order valence-electron chi connectivity index (χ4n) is 3.75. The Morgan fingerprint density at radius 3 is 3.17 bits per heavy atom. The average molecular weight is 328 g/mol. The number of likely N-dealkylation sites (tertiary alicyclic amines) is 1. The van der Waals surface area contributed by atoms with Crippen molar-refractivity contribution in [1.29, 1.82) is 0 Å². The first-order valence-corrected chi connectivity index (χ1v) is 8.56. The van der Waals surface area contributed by atoms with Gasteiger partial charge in [-0.3, -0.25) is 14.6 Å². The maximum Gasteiger partial charge on any atom is 0.0892 e. The SMILES string of the molecule is Cn1cc(CN2CC[C@]3(C[C@H](OCc4ccccn4)CO3)C2)cn1. The maximum atomic E-state index is 6.17. The monoisotopic (exact) mass is 328 g/mol. The largest absolute Gasteiger partial charge is 0.371 e. The zero-order chi connectivity index (χ0) is 16.4. The minimum absolute atomic E-state index is 0.0308. The summed E-state index contributed by atoms with van der Waals surface area (Å²) < 4.78 is 14.0. The quantitative estimate of drug-likeness (QED) is 0.837. The Hall–Kier alpha value is -1.76. The molecule has 24 heavy (non-hydrogen) atoms. The molecule has 4 rings (SSSR count). The molecule has 2 aliphatic heterocycles. The van der Waals surface area contributed by atoms with E-state index in [1.165, 1.54) is 5.56 Å². The van der Waals surface area contributed by atoms with Gasteiger partial charge in [0.2, 0.25) is 0 Å². The van der Waals surface area contributed by atoms with E-state index in [2.05, 4.69) is 21.2 Å². The minimum atomic E-state index is -0.0308. The smallest absolute Gasteiger partial charge is 0.0892 e. The predicted octanol–water partition coefficient (Wildman–Crippen LogP) is 1.77. The van der Waals surface area contributed by atoms with Crippen LogP contribution in [0.15, 0.2) is 36.8 Å². The molecule has 2 atom stereocenters. The second-order valence-corrected chi connectivity index (χ2v) is 6.94. The molecule has 1 spiro atoms. The van der Waals surface area contributed by atoms with Crippen molar-refractivity contribution >= 4 is 0 Å². The van der Waals surface area contributed by atoms with E-state index in [1.807, 2.05) is 36.1 Å². The van der Waals surface area contributed by atoms with Gasteiger partial charge in [-0.1, -0.05) is 6.07 Å². The van der Waals surface area contributed by atoms with Crippen LogP contribution in [-0.4, -0.2) is 51.1 Å². The van der Waals surface area contributed by atoms with Crippen LogP contribution in [0.25, 0.3) is 0 Å². The summed E-state index contributed by atoms with van der Waals surface area (Å²) in [6.45, 7) is 4.24. The zero-order valence-electron chi connectivity index (χ0n) is 14.1. The van der Waals surface area contributed by atoms with Gasteiger partial charge in [-0.25, -0.2) is 0 Å². The van der Waals surface area contributed by atoms with Gasteiger partial charge in [0.25, 0.3) is 0 Å². The van der Waals surface area contributed by atoms with Crippen LogP contribution in [0.2, 0.25) is 0 Å². The van der Waals surface area contributed by atoms with E-state index < -0.39 is 0 Å². The van der Waals surface area contributed by atoms with Crippen LogP contribution >= 0.6 is 0 Å². The van der Waals surface area contributed by atoms with E-state index in [4.69, 9.17) is 9.47 Å². The molecule has 0 aromatic carbocycles. The van der Waals surface area contributed by atoms with Crippen LogP contribution in [-0.2, 0) is 29.7 Å². The Balaban J connectivity index is 1.28. The molecule has 2 aromatic heterocycles. The molecule has 0 saturated carbocycles. The zero-order valence-corrected chi connectivity index (χ0v) is 14.1. The fraction of sp³-hybridized carbons (Fsp3) is 0.556. The van der Waals surface area contributed by atoms with E-state index in [0.29, 0.717) is 13.2 Å². The average Bonchev–Trinajstić information content (AvgIpc) is 3.29. The normalized spacial score (nSPS) is 27.3. The first kappa shape index (κ1) is 15.7. The van der Waals surface area contributed by atoms with Crippen molar-refractivity contribution in [3.63, 3.8) is 0 Å². The first-order chi connectivity index (χ1) is 11.7. The minimum Gasteiger partial charge on any atom is -0.371 e. The third kappa shape index (κ3) is 3.50. The Bertz CT molecular complexity index is 675. The number of nitrogens with zero attached hydrogens (tertiary/aromatic N) is 4. The predicted molar refractivity (Wildman–Crippen MR) is 89.2 cm³/mol. The summed E-state index contributed by atoms with van der Waals surface area (Å²) in [5.41, 5.74) is 2.20. The molecule has 0 amide bonds. The molecule has 0 radical (unpaired) electrons. The van der Waals surface area contributed by atoms with E-state index >= 15 is 0 Å². The molecular formula is C18H24N4O2. The highest BCUT2D eigenvalue weighted by atomic mass is 16.6. The number of pyridine rings is 1. The molecule has 0 aliphatic carbocycles. The summed E-state index contributed by atoms with van der Waals surface area (Å²) in [6.07, 6.45) is 8.06. The summed E-state index contributed by atoms with van der Waals surface area (Å²) in [5.74, 6) is 0. The molecule has 2 fully saturated rings. The molecule has 0 unspecified atom stereocenters. The highest BCUT2D eigenvalue weighted by Crippen LogP contribution is 2.36. The van der Waals surface area contributed by atoms with Crippen LogP contribution in [0.1, 0.15) is 24.1 Å². The van der Waals surface area contributed by atoms with Gasteiger partial charge in [0.15, 0.2) is 0 Å². The second-order valence-electron chi connectivity index (χ2n) is 6.94. The van der Waals surface area contributed by atoms with Gasteiger partial charge in [0, 0.05) is 51.1 Å². The topological polar surface area (TPSA) is 52.4 Å². The molecule has 4 heterocycles. The van der Waals surface area contributed by atoms with Gasteiger partial charge in [-0.2, -0.15) is 5.10 Å². The van der Waals surface area contributed by atoms with Crippen LogP contribution in [0.4, 0.5) is 0 Å². The lowest BCUT2D eigenvalue weighted by Crippen LogP contribution is -2.32. The van der Waals surface area contributed by atoms with Gasteiger partial charge in [-0.05, 0) is 18.6 Å². The molecule has 2 aromatic rings. The number of ether oxygens (including phenoxy) is 2. The number of aromatic nitrogens is 3. The van der Waals surface area contributed by atoms with Gasteiger partial charge >= 0.3 is 0 Å². The third-order valence-electron chi connectivity index (χ3n) is 4.93. The van der Waals surface area contributed by atoms with Crippen molar-refractivity contribution in [3.8, 4) is 0 Å². The van der Waals surface area contributed by atoms with Gasteiger partial charge in [0.1, 0.15) is 0 Å². The number of hydrogen-bond acceptors (Lipinski definition) is 5. The van der Waals surface area contributed by atoms with Crippen molar-refractivity contribution in [2.75, 3.05) is 19.7 Å². The number of aryl methyl sites for hydroxylation is 1. The lowest BCUT2D eigenvalue weighted by Gasteiger charge is -2.23. The Kier molecular flexibility index (Phi) is 4.35. The van der Waals surface area contributed by atoms with Crippen molar-refractivity contribution in [2.24, 2.45) is 7.05 Å². The van der Waals surface area contributed by atoms with Crippen molar-refractivity contribution in [3.05, 3.63) is 48.0 Å². The molecule has 128 valence electrons. The number of hydrogen-bond donors (Lipinski definition) is 0. The first-order valence-electron chi connectivity index (χ1n) is 8.56. The fourth-order valence-corrected chi connectivity index (χ4v) is 3.75. The molecule has 2 aliphatic rings. The van der Waals surface area contributed by atoms with E-state index in [-0.39, 0.29) is 11.7 Å². The summed E-state index contributed by atoms with van der Waals surface area (Å²) in [6, 6.07) is 5.91. The van der Waals surface area contributed by atoms with E-state index in [0.717, 1.165) is 38.2 Å². The van der Waals surface area contributed by atoms with Gasteiger partial charge < -0.3 is 9.47 Å². The Labute approximate surface area is 142 Å². The second kappa shape index (κ2) is 6.63. The summed E-state index contributed by atoms with van der Waals surface area (Å²) >= 11 is 0. The van der Waals surface area contributed by atoms with Crippen LogP contribution in [0.3, 0.4) is 0 Å². The molecule has 0 N–H and O–H groups in total. The molecule has 0 bridgehead atoms. The summed E-state index contributed by atoms with van der Waals surface area (Å²) in [7, 11) is 1.96. The van der Waals surface area contributed by atoms with Gasteiger partial charge in [-0.15, -0.1) is 0 Å². The number of rotatable bonds is 5. The van der Waals surface area contributed by atoms with E-state index in [1.54, 1.807) is 6.20 Å². The Morgan fingerprint density at radius 1 is 1.42 bits per heavy atom. The van der Waals surface area contributed by atoms with Crippen LogP contribution in [0, 0.1) is 0 Å². The van der Waals surface area contributed by atoms with Crippen molar-refractivity contribution in [1.82, 2.24) is 19.7 Å². The molecule has 6 nitrogen and oxygen atoms in total. The third-order valence-corrected chi connectivity index (χ3v) is 4.93. The highest BCUT2D eigenvalue weighted by molar-refractivity contribution is 5.06. The summed E-state index contributed by atoms with van der Waals surface area (Å²) in [5, 5.41) is 4.25. The standard InChI is InChI=1S/C18H24N4O2/c1-21-10-15(9-20-21)11-22-7-5-18(14-22)8-17(13-24-18)23-12-16-4-2-3-6-19-16/h2-4,6,9-10,17H,5,7-8,11-14H2,1H3/t17-,18-/m0/s1. The van der Waals surface area contributed by atoms with Crippen LogP contribution < -0.4 is 0 Å². The Morgan fingerprint density at radius 2 is 2.38 bits per heavy atom. The van der Waals surface area contributed by atoms with Crippen molar-refractivity contribution in [2.45, 2.75) is 37.7 Å². The molecule has 6 heteroatoms. The highest BCUT2D eigenvalue weighted by Gasteiger charge is 2.45. The lowest BCUT2D eigenvalue weighted by atomic mass is 9.98. The van der Waals surface area contributed by atoms with Crippen molar-refractivity contribution < 1.29 is 9.47 Å². The molecule has 2 saturated heterocycles. The lowest BCUT2D eigenvalue weighted by molar-refractivity contribution is -0.000796. The molecular weight excluding hydrogens is 304 g/mol. The van der Waals surface area contributed by atoms with Gasteiger partial charge in [0.05, 0.1) is 36.8 Å². The summed E-state index contributed by atoms with van der Waals surface area (Å²) in [4.78, 5) is 6.76. The maximum absolute atomic E-state index is 6.17.